The lowest BCUT2D eigenvalue weighted by Gasteiger charge is -2.34. The van der Waals surface area contributed by atoms with Crippen molar-refractivity contribution in [3.63, 3.8) is 0 Å². The maximum absolute atomic E-state index is 11.7. The molecular weight excluding hydrogens is 244 g/mol. The third-order valence-corrected chi connectivity index (χ3v) is 3.21. The molecule has 0 aromatic rings. The van der Waals surface area contributed by atoms with Crippen LogP contribution in [0.3, 0.4) is 0 Å². The van der Waals surface area contributed by atoms with Gasteiger partial charge in [0.05, 0.1) is 6.54 Å². The van der Waals surface area contributed by atoms with E-state index < -0.39 is 6.03 Å². The minimum absolute atomic E-state index is 0.102. The van der Waals surface area contributed by atoms with Crippen molar-refractivity contribution in [1.82, 2.24) is 15.5 Å². The number of amides is 3. The van der Waals surface area contributed by atoms with Gasteiger partial charge in [0.15, 0.2) is 0 Å². The second kappa shape index (κ2) is 6.34. The van der Waals surface area contributed by atoms with Crippen molar-refractivity contribution in [2.45, 2.75) is 45.7 Å². The molecule has 2 unspecified atom stereocenters. The number of nitrogens with two attached hydrogens (primary N) is 1. The van der Waals surface area contributed by atoms with Crippen LogP contribution in [0.2, 0.25) is 0 Å². The summed E-state index contributed by atoms with van der Waals surface area (Å²) >= 11 is 0. The van der Waals surface area contributed by atoms with Gasteiger partial charge in [0, 0.05) is 18.1 Å². The molecule has 0 aliphatic carbocycles. The first-order chi connectivity index (χ1) is 8.67. The summed E-state index contributed by atoms with van der Waals surface area (Å²) in [6.07, 6.45) is 0.989. The molecule has 1 heterocycles. The summed E-state index contributed by atoms with van der Waals surface area (Å²) < 4.78 is 0. The SMILES string of the molecule is CC1CCN(CC(=O)NC(=O)NC(C)(C)C)CC1N. The van der Waals surface area contributed by atoms with Gasteiger partial charge in [-0.25, -0.2) is 4.79 Å². The molecule has 3 amide bonds. The molecule has 0 radical (unpaired) electrons. The molecule has 4 N–H and O–H groups in total. The number of hydrogen-bond donors (Lipinski definition) is 3. The van der Waals surface area contributed by atoms with E-state index in [2.05, 4.69) is 17.6 Å². The lowest BCUT2D eigenvalue weighted by Crippen LogP contribution is -2.53. The van der Waals surface area contributed by atoms with E-state index in [1.54, 1.807) is 0 Å². The number of urea groups is 1. The van der Waals surface area contributed by atoms with E-state index in [1.807, 2.05) is 25.7 Å². The van der Waals surface area contributed by atoms with Crippen LogP contribution in [0.25, 0.3) is 0 Å². The van der Waals surface area contributed by atoms with Gasteiger partial charge in [0.1, 0.15) is 0 Å². The molecule has 6 heteroatoms. The third kappa shape index (κ3) is 6.02. The quantitative estimate of drug-likeness (QED) is 0.672. The number of carbonyl (C=O) groups is 2. The van der Waals surface area contributed by atoms with Crippen LogP contribution in [0, 0.1) is 5.92 Å². The van der Waals surface area contributed by atoms with Crippen LogP contribution in [0.15, 0.2) is 0 Å². The molecular formula is C13H26N4O2. The average Bonchev–Trinajstić information content (AvgIpc) is 2.20. The Kier molecular flexibility index (Phi) is 5.31. The fourth-order valence-electron chi connectivity index (χ4n) is 2.05. The monoisotopic (exact) mass is 270 g/mol. The molecule has 0 aromatic carbocycles. The number of nitrogens with one attached hydrogen (secondary N) is 2. The normalized spacial score (nSPS) is 24.9. The summed E-state index contributed by atoms with van der Waals surface area (Å²) in [5.74, 6) is 0.201. The van der Waals surface area contributed by atoms with Gasteiger partial charge < -0.3 is 11.1 Å². The predicted molar refractivity (Wildman–Crippen MR) is 74.6 cm³/mol. The Morgan fingerprint density at radius 3 is 2.53 bits per heavy atom. The van der Waals surface area contributed by atoms with E-state index in [-0.39, 0.29) is 24.0 Å². The highest BCUT2D eigenvalue weighted by molar-refractivity contribution is 5.95. The maximum atomic E-state index is 11.7. The highest BCUT2D eigenvalue weighted by atomic mass is 16.2. The Labute approximate surface area is 115 Å². The van der Waals surface area contributed by atoms with E-state index in [4.69, 9.17) is 5.73 Å². The van der Waals surface area contributed by atoms with Gasteiger partial charge in [0.2, 0.25) is 5.91 Å². The van der Waals surface area contributed by atoms with Gasteiger partial charge in [-0.2, -0.15) is 0 Å². The molecule has 1 aliphatic heterocycles. The third-order valence-electron chi connectivity index (χ3n) is 3.21. The molecule has 1 rings (SSSR count). The highest BCUT2D eigenvalue weighted by Gasteiger charge is 2.25. The molecule has 0 saturated carbocycles. The van der Waals surface area contributed by atoms with Crippen LogP contribution in [0.1, 0.15) is 34.1 Å². The standard InChI is InChI=1S/C13H26N4O2/c1-9-5-6-17(7-10(9)14)8-11(18)15-12(19)16-13(2,3)4/h9-10H,5-8,14H2,1-4H3,(H2,15,16,18,19). The molecule has 1 fully saturated rings. The first kappa shape index (κ1) is 15.9. The smallest absolute Gasteiger partial charge is 0.321 e. The second-order valence-electron chi connectivity index (χ2n) is 6.42. The fourth-order valence-corrected chi connectivity index (χ4v) is 2.05. The van der Waals surface area contributed by atoms with Crippen molar-refractivity contribution in [1.29, 1.82) is 0 Å². The van der Waals surface area contributed by atoms with Crippen LogP contribution in [0.5, 0.6) is 0 Å². The number of hydrogen-bond acceptors (Lipinski definition) is 4. The van der Waals surface area contributed by atoms with E-state index in [9.17, 15) is 9.59 Å². The molecule has 1 aliphatic rings. The predicted octanol–water partition coefficient (Wildman–Crippen LogP) is 0.280. The van der Waals surface area contributed by atoms with Crippen molar-refractivity contribution < 1.29 is 9.59 Å². The Morgan fingerprint density at radius 1 is 1.37 bits per heavy atom. The Morgan fingerprint density at radius 2 is 2.00 bits per heavy atom. The van der Waals surface area contributed by atoms with Crippen molar-refractivity contribution in [3.8, 4) is 0 Å². The first-order valence-electron chi connectivity index (χ1n) is 6.77. The number of nitrogens with zero attached hydrogens (tertiary/aromatic N) is 1. The minimum atomic E-state index is -0.452. The Hall–Kier alpha value is -1.14. The van der Waals surface area contributed by atoms with Gasteiger partial charge in [-0.3, -0.25) is 15.0 Å². The lowest BCUT2D eigenvalue weighted by atomic mass is 9.94. The number of piperidine rings is 1. The van der Waals surface area contributed by atoms with Crippen LogP contribution in [0.4, 0.5) is 4.79 Å². The number of rotatable bonds is 2. The topological polar surface area (TPSA) is 87.5 Å². The largest absolute Gasteiger partial charge is 0.333 e. The zero-order valence-electron chi connectivity index (χ0n) is 12.3. The summed E-state index contributed by atoms with van der Waals surface area (Å²) in [6, 6.07) is -0.350. The van der Waals surface area contributed by atoms with E-state index in [0.717, 1.165) is 13.0 Å². The van der Waals surface area contributed by atoms with Crippen LogP contribution in [-0.2, 0) is 4.79 Å². The van der Waals surface area contributed by atoms with E-state index in [1.165, 1.54) is 0 Å². The highest BCUT2D eigenvalue weighted by Crippen LogP contribution is 2.14. The van der Waals surface area contributed by atoms with Crippen LogP contribution >= 0.6 is 0 Å². The maximum Gasteiger partial charge on any atom is 0.321 e. The summed E-state index contributed by atoms with van der Waals surface area (Å²) in [4.78, 5) is 25.3. The zero-order chi connectivity index (χ0) is 14.6. The van der Waals surface area contributed by atoms with Gasteiger partial charge in [-0.1, -0.05) is 6.92 Å². The van der Waals surface area contributed by atoms with Crippen molar-refractivity contribution in [2.75, 3.05) is 19.6 Å². The molecule has 6 nitrogen and oxygen atoms in total. The summed E-state index contributed by atoms with van der Waals surface area (Å²) in [7, 11) is 0. The molecule has 110 valence electrons. The zero-order valence-corrected chi connectivity index (χ0v) is 12.3. The van der Waals surface area contributed by atoms with Crippen molar-refractivity contribution in [2.24, 2.45) is 11.7 Å². The number of carbonyl (C=O) groups excluding carboxylic acids is 2. The molecule has 1 saturated heterocycles. The van der Waals surface area contributed by atoms with Gasteiger partial charge >= 0.3 is 6.03 Å². The average molecular weight is 270 g/mol. The Bertz CT molecular complexity index is 338. The summed E-state index contributed by atoms with van der Waals surface area (Å²) in [5.41, 5.74) is 5.62. The fraction of sp³-hybridized carbons (Fsp3) is 0.846. The second-order valence-corrected chi connectivity index (χ2v) is 6.42. The summed E-state index contributed by atoms with van der Waals surface area (Å²) in [6.45, 7) is 9.49. The Balaban J connectivity index is 2.33. The van der Waals surface area contributed by atoms with Crippen molar-refractivity contribution >= 4 is 11.9 Å². The molecule has 0 bridgehead atoms. The van der Waals surface area contributed by atoms with Crippen LogP contribution in [-0.4, -0.2) is 48.1 Å². The van der Waals surface area contributed by atoms with E-state index >= 15 is 0 Å². The molecule has 0 aromatic heterocycles. The first-order valence-corrected chi connectivity index (χ1v) is 6.77. The molecule has 19 heavy (non-hydrogen) atoms. The van der Waals surface area contributed by atoms with Crippen LogP contribution < -0.4 is 16.4 Å². The lowest BCUT2D eigenvalue weighted by molar-refractivity contribution is -0.121. The summed E-state index contributed by atoms with van der Waals surface area (Å²) in [5, 5.41) is 5.03. The van der Waals surface area contributed by atoms with Gasteiger partial charge in [-0.05, 0) is 39.7 Å². The van der Waals surface area contributed by atoms with Gasteiger partial charge in [-0.15, -0.1) is 0 Å². The molecule has 2 atom stereocenters. The molecule has 0 spiro atoms. The van der Waals surface area contributed by atoms with Gasteiger partial charge in [0.25, 0.3) is 0 Å². The number of likely N-dealkylation sites (tertiary alicyclic amines) is 1. The van der Waals surface area contributed by atoms with E-state index in [0.29, 0.717) is 12.5 Å². The minimum Gasteiger partial charge on any atom is -0.333 e. The number of imide groups is 1. The van der Waals surface area contributed by atoms with Crippen molar-refractivity contribution in [3.05, 3.63) is 0 Å².